The highest BCUT2D eigenvalue weighted by Crippen LogP contribution is 2.11. The highest BCUT2D eigenvalue weighted by Gasteiger charge is 2.35. The Morgan fingerprint density at radius 1 is 0.500 bits per heavy atom. The summed E-state index contributed by atoms with van der Waals surface area (Å²) in [5.41, 5.74) is 0. The zero-order valence-corrected chi connectivity index (χ0v) is 14.8. The average Bonchev–Trinajstić information content (AvgIpc) is 2.64. The lowest BCUT2D eigenvalue weighted by Gasteiger charge is -2.34. The van der Waals surface area contributed by atoms with E-state index in [2.05, 4.69) is 0 Å². The molecule has 2 aliphatic heterocycles. The van der Waals surface area contributed by atoms with E-state index in [0.29, 0.717) is 25.9 Å². The van der Waals surface area contributed by atoms with Crippen LogP contribution in [0.25, 0.3) is 0 Å². The van der Waals surface area contributed by atoms with Gasteiger partial charge in [0.2, 0.25) is 13.3 Å². The topological polar surface area (TPSA) is 192 Å². The van der Waals surface area contributed by atoms with E-state index in [0.717, 1.165) is 20.0 Å². The molecule has 0 aliphatic carbocycles. The summed E-state index contributed by atoms with van der Waals surface area (Å²) < 4.78 is 0. The minimum atomic E-state index is -0.700. The molecule has 0 spiro atoms. The van der Waals surface area contributed by atoms with E-state index >= 15 is 0 Å². The first kappa shape index (κ1) is 21.0. The Kier molecular flexibility index (Phi) is 6.82. The molecule has 2 aliphatic rings. The van der Waals surface area contributed by atoms with Crippen LogP contribution in [0.15, 0.2) is 0 Å². The number of rotatable bonds is 9. The molecular formula is C10H20N10O8. The van der Waals surface area contributed by atoms with Gasteiger partial charge in [-0.2, -0.15) is 0 Å². The number of hydrogen-bond donors (Lipinski definition) is 0. The minimum Gasteiger partial charge on any atom is -0.259 e. The first-order valence-corrected chi connectivity index (χ1v) is 8.19. The van der Waals surface area contributed by atoms with Crippen molar-refractivity contribution in [2.75, 3.05) is 53.1 Å². The Morgan fingerprint density at radius 3 is 0.964 bits per heavy atom. The summed E-state index contributed by atoms with van der Waals surface area (Å²) in [5, 5.41) is 43.7. The quantitative estimate of drug-likeness (QED) is 0.234. The lowest BCUT2D eigenvalue weighted by atomic mass is 10.3. The summed E-state index contributed by atoms with van der Waals surface area (Å²) in [6.07, 6.45) is 1.01. The Bertz CT molecular complexity index is 525. The van der Waals surface area contributed by atoms with Crippen LogP contribution in [0.1, 0.15) is 12.8 Å². The summed E-state index contributed by atoms with van der Waals surface area (Å²) in [6.45, 7) is -0.427. The number of unbranched alkanes of at least 4 members (excludes halogenated alkanes) is 1. The monoisotopic (exact) mass is 408 g/mol. The molecule has 158 valence electrons. The lowest BCUT2D eigenvalue weighted by Crippen LogP contribution is -2.58. The first-order chi connectivity index (χ1) is 13.2. The molecule has 0 atom stereocenters. The van der Waals surface area contributed by atoms with Crippen LogP contribution < -0.4 is 0 Å². The maximum Gasteiger partial charge on any atom is 0.210 e. The van der Waals surface area contributed by atoms with Crippen LogP contribution in [0.2, 0.25) is 0 Å². The number of hydrazine groups is 4. The molecule has 0 bridgehead atoms. The number of hydrogen-bond acceptors (Lipinski definition) is 10. The smallest absolute Gasteiger partial charge is 0.210 e. The van der Waals surface area contributed by atoms with E-state index in [1.54, 1.807) is 0 Å². The third-order valence-corrected chi connectivity index (χ3v) is 4.23. The van der Waals surface area contributed by atoms with E-state index in [1.807, 2.05) is 0 Å². The third-order valence-electron chi connectivity index (χ3n) is 4.23. The molecule has 0 amide bonds. The van der Waals surface area contributed by atoms with E-state index in [9.17, 15) is 40.5 Å². The predicted octanol–water partition coefficient (Wildman–Crippen LogP) is -1.88. The Balaban J connectivity index is 1.80. The van der Waals surface area contributed by atoms with E-state index < -0.39 is 33.5 Å². The third kappa shape index (κ3) is 5.61. The van der Waals surface area contributed by atoms with Gasteiger partial charge in [-0.3, -0.25) is 9.80 Å². The van der Waals surface area contributed by atoms with Crippen molar-refractivity contribution >= 4 is 0 Å². The van der Waals surface area contributed by atoms with Gasteiger partial charge < -0.3 is 0 Å². The van der Waals surface area contributed by atoms with Gasteiger partial charge in [-0.05, 0) is 12.8 Å². The molecular weight excluding hydrogens is 388 g/mol. The molecule has 0 aromatic carbocycles. The van der Waals surface area contributed by atoms with Gasteiger partial charge >= 0.3 is 0 Å². The highest BCUT2D eigenvalue weighted by molar-refractivity contribution is 4.63. The molecule has 0 unspecified atom stereocenters. The Labute approximate surface area is 157 Å². The van der Waals surface area contributed by atoms with Gasteiger partial charge in [0.25, 0.3) is 0 Å². The van der Waals surface area contributed by atoms with Crippen molar-refractivity contribution in [3.63, 3.8) is 0 Å². The van der Waals surface area contributed by atoms with Crippen molar-refractivity contribution in [2.45, 2.75) is 12.8 Å². The second-order valence-electron chi connectivity index (χ2n) is 6.32. The van der Waals surface area contributed by atoms with E-state index in [4.69, 9.17) is 0 Å². The maximum absolute atomic E-state index is 10.9. The standard InChI is InChI=1S/C10H20N10O8/c21-17(22)13-5-11(6-14(9-13)18(23)24)3-1-2-4-12-7-15(19(25)26)10-16(8-12)20(27)28/h1-10H2. The van der Waals surface area contributed by atoms with Crippen LogP contribution in [0.3, 0.4) is 0 Å². The largest absolute Gasteiger partial charge is 0.259 e. The van der Waals surface area contributed by atoms with Crippen LogP contribution in [-0.4, -0.2) is 103 Å². The molecule has 18 heteroatoms. The molecule has 28 heavy (non-hydrogen) atoms. The summed E-state index contributed by atoms with van der Waals surface area (Å²) in [5.74, 6) is 0. The average molecular weight is 408 g/mol. The summed E-state index contributed by atoms with van der Waals surface area (Å²) >= 11 is 0. The SMILES string of the molecule is O=[N+]([O-])N1CN(CCCCN2CN([N+](=O)[O-])CN([N+](=O)[O-])C2)CN([N+](=O)[O-])C1. The van der Waals surface area contributed by atoms with Gasteiger partial charge in [0.05, 0.1) is 0 Å². The maximum atomic E-state index is 10.9. The van der Waals surface area contributed by atoms with Gasteiger partial charge in [0, 0.05) is 13.1 Å². The van der Waals surface area contributed by atoms with Gasteiger partial charge in [0.1, 0.15) is 26.7 Å². The van der Waals surface area contributed by atoms with E-state index in [1.165, 1.54) is 9.80 Å². The molecule has 2 saturated heterocycles. The minimum absolute atomic E-state index is 0.0642. The van der Waals surface area contributed by atoms with Crippen LogP contribution >= 0.6 is 0 Å². The summed E-state index contributed by atoms with van der Waals surface area (Å²) in [7, 11) is 0. The molecule has 0 aromatic rings. The fourth-order valence-electron chi connectivity index (χ4n) is 2.94. The lowest BCUT2D eigenvalue weighted by molar-refractivity contribution is -0.728. The molecule has 2 heterocycles. The zero-order valence-electron chi connectivity index (χ0n) is 14.8. The fourth-order valence-corrected chi connectivity index (χ4v) is 2.94. The Morgan fingerprint density at radius 2 is 0.750 bits per heavy atom. The molecule has 2 rings (SSSR count). The molecule has 0 N–H and O–H groups in total. The summed E-state index contributed by atoms with van der Waals surface area (Å²) in [6, 6.07) is 0. The first-order valence-electron chi connectivity index (χ1n) is 8.19. The van der Waals surface area contributed by atoms with Gasteiger partial charge in [-0.15, -0.1) is 0 Å². The van der Waals surface area contributed by atoms with Crippen LogP contribution in [-0.2, 0) is 0 Å². The van der Waals surface area contributed by atoms with Gasteiger partial charge in [0.15, 0.2) is 20.1 Å². The van der Waals surface area contributed by atoms with Crippen molar-refractivity contribution in [1.82, 2.24) is 29.8 Å². The molecule has 0 radical (unpaired) electrons. The van der Waals surface area contributed by atoms with Crippen LogP contribution in [0.5, 0.6) is 0 Å². The number of nitro groups is 4. The van der Waals surface area contributed by atoms with Crippen LogP contribution in [0, 0.1) is 40.5 Å². The van der Waals surface area contributed by atoms with E-state index in [-0.39, 0.29) is 26.7 Å². The highest BCUT2D eigenvalue weighted by atomic mass is 16.7. The predicted molar refractivity (Wildman–Crippen MR) is 87.2 cm³/mol. The van der Waals surface area contributed by atoms with Crippen molar-refractivity contribution in [1.29, 1.82) is 0 Å². The van der Waals surface area contributed by atoms with Crippen molar-refractivity contribution in [3.05, 3.63) is 40.5 Å². The zero-order chi connectivity index (χ0) is 20.8. The Hall–Kier alpha value is -3.28. The molecule has 2 fully saturated rings. The van der Waals surface area contributed by atoms with Gasteiger partial charge in [-0.25, -0.2) is 40.5 Å². The summed E-state index contributed by atoms with van der Waals surface area (Å²) in [4.78, 5) is 46.7. The number of nitrogens with zero attached hydrogens (tertiary/aromatic N) is 10. The molecule has 18 nitrogen and oxygen atoms in total. The second kappa shape index (κ2) is 9.08. The van der Waals surface area contributed by atoms with Crippen molar-refractivity contribution in [2.24, 2.45) is 0 Å². The molecule has 0 saturated carbocycles. The fraction of sp³-hybridized carbons (Fsp3) is 1.00. The molecule has 0 aromatic heterocycles. The van der Waals surface area contributed by atoms with Crippen molar-refractivity contribution < 1.29 is 20.1 Å². The van der Waals surface area contributed by atoms with Crippen LogP contribution in [0.4, 0.5) is 0 Å². The van der Waals surface area contributed by atoms with Gasteiger partial charge in [-0.1, -0.05) is 20.0 Å². The normalized spacial score (nSPS) is 19.0. The second-order valence-corrected chi connectivity index (χ2v) is 6.32. The van der Waals surface area contributed by atoms with Crippen molar-refractivity contribution in [3.8, 4) is 0 Å².